The molecule has 41 heteroatoms. The zero-order chi connectivity index (χ0) is 85.0. The molecule has 23 N–H and O–H groups in total. The molecule has 0 aliphatic carbocycles. The fourth-order valence-corrected chi connectivity index (χ4v) is 11.4. The van der Waals surface area contributed by atoms with E-state index in [9.17, 15) is 132 Å². The molecule has 0 radical (unpaired) electrons. The molecule has 1 aromatic heterocycles. The number of benzene rings is 4. The van der Waals surface area contributed by atoms with Gasteiger partial charge in [0.15, 0.2) is 5.78 Å². The summed E-state index contributed by atoms with van der Waals surface area (Å²) in [6.07, 6.45) is -4.80. The second-order valence-corrected chi connectivity index (χ2v) is 26.4. The van der Waals surface area contributed by atoms with Gasteiger partial charge in [0.05, 0.1) is 37.8 Å². The van der Waals surface area contributed by atoms with Crippen LogP contribution in [0.5, 0.6) is 11.5 Å². The lowest BCUT2D eigenvalue weighted by Gasteiger charge is -2.26. The summed E-state index contributed by atoms with van der Waals surface area (Å²) in [5.74, 6) is -22.4. The third-order valence-electron chi connectivity index (χ3n) is 17.5. The maximum absolute atomic E-state index is 14.1. The number of aliphatic hydroxyl groups is 2. The number of phenolic OH excluding ortho intramolecular Hbond substituents is 2. The minimum Gasteiger partial charge on any atom is -0.508 e. The van der Waals surface area contributed by atoms with E-state index in [-0.39, 0.29) is 67.7 Å². The van der Waals surface area contributed by atoms with Gasteiger partial charge in [0.1, 0.15) is 65.9 Å². The van der Waals surface area contributed by atoms with Crippen LogP contribution in [0.25, 0.3) is 10.9 Å². The van der Waals surface area contributed by atoms with E-state index in [2.05, 4.69) is 63.5 Å². The molecule has 115 heavy (non-hydrogen) atoms. The number of carbonyl (C=O) groups excluding carboxylic acids is 12. The quantitative estimate of drug-likeness (QED) is 0.0171. The topological polar surface area (TPSA) is 670 Å². The van der Waals surface area contributed by atoms with E-state index < -0.39 is 245 Å². The van der Waals surface area contributed by atoms with Gasteiger partial charge in [-0.05, 0) is 103 Å². The van der Waals surface area contributed by atoms with Gasteiger partial charge in [-0.2, -0.15) is 0 Å². The Bertz CT molecular complexity index is 4310. The number of aromatic amines is 1. The summed E-state index contributed by atoms with van der Waals surface area (Å²) in [6, 6.07) is 6.87. The Hall–Kier alpha value is -13.6. The molecule has 5 rings (SSSR count). The van der Waals surface area contributed by atoms with E-state index in [0.29, 0.717) is 27.6 Å². The average Bonchev–Trinajstić information content (AvgIpc) is 1.69. The van der Waals surface area contributed by atoms with E-state index in [1.807, 2.05) is 5.32 Å². The summed E-state index contributed by atoms with van der Waals surface area (Å²) in [5, 5.41) is 126. The van der Waals surface area contributed by atoms with E-state index >= 15 is 0 Å². The number of hydrogen-bond donors (Lipinski definition) is 23. The van der Waals surface area contributed by atoms with Crippen molar-refractivity contribution in [3.05, 3.63) is 131 Å². The first-order valence-electron chi connectivity index (χ1n) is 35.8. The third kappa shape index (κ3) is 32.3. The summed E-state index contributed by atoms with van der Waals surface area (Å²) >= 11 is 0. The number of unbranched alkanes of at least 4 members (excludes halogenated alkanes) is 1. The number of fused-ring (bicyclic) bond motifs is 1. The number of ketones is 1. The summed E-state index contributed by atoms with van der Waals surface area (Å²) in [6.45, 7) is -3.20. The number of carboxylic acids is 6. The average molecular weight is 1610 g/mol. The van der Waals surface area contributed by atoms with Gasteiger partial charge in [-0.15, -0.1) is 0 Å². The van der Waals surface area contributed by atoms with Gasteiger partial charge in [-0.1, -0.05) is 54.6 Å². The van der Waals surface area contributed by atoms with Crippen LogP contribution in [0.15, 0.2) is 103 Å². The molecule has 4 aromatic carbocycles. The van der Waals surface area contributed by atoms with Crippen molar-refractivity contribution in [2.24, 2.45) is 5.92 Å². The highest BCUT2D eigenvalue weighted by atomic mass is 16.4. The maximum Gasteiger partial charge on any atom is 0.335 e. The molecule has 0 fully saturated rings. The molecule has 0 aliphatic rings. The molecule has 620 valence electrons. The van der Waals surface area contributed by atoms with Gasteiger partial charge in [-0.3, -0.25) is 67.1 Å². The number of Topliss-reactive ketones (excluding diaryl/α,β-unsaturated/α-hetero) is 1. The van der Waals surface area contributed by atoms with Crippen molar-refractivity contribution in [1.82, 2.24) is 68.8 Å². The second-order valence-electron chi connectivity index (χ2n) is 26.4. The van der Waals surface area contributed by atoms with E-state index in [1.54, 1.807) is 30.5 Å². The van der Waals surface area contributed by atoms with Gasteiger partial charge in [0.2, 0.25) is 59.1 Å². The smallest absolute Gasteiger partial charge is 0.335 e. The van der Waals surface area contributed by atoms with E-state index in [0.717, 1.165) is 6.92 Å². The van der Waals surface area contributed by atoms with Crippen molar-refractivity contribution in [1.29, 1.82) is 0 Å². The molecule has 10 atom stereocenters. The fraction of sp³-hybridized carbons (Fsp3) is 0.405. The second kappa shape index (κ2) is 46.3. The number of aliphatic carboxylic acids is 5. The predicted molar refractivity (Wildman–Crippen MR) is 397 cm³/mol. The third-order valence-corrected chi connectivity index (χ3v) is 17.5. The number of aromatic nitrogens is 1. The number of carbonyl (C=O) groups is 18. The molecule has 0 spiro atoms. The maximum atomic E-state index is 14.1. The number of urea groups is 1. The van der Waals surface area contributed by atoms with Gasteiger partial charge in [0, 0.05) is 81.9 Å². The van der Waals surface area contributed by atoms with Crippen LogP contribution in [0.4, 0.5) is 4.79 Å². The molecule has 12 amide bonds. The van der Waals surface area contributed by atoms with E-state index in [1.165, 1.54) is 72.8 Å². The molecule has 0 bridgehead atoms. The monoisotopic (exact) mass is 1610 g/mol. The standard InChI is InChI=1S/C74H91N13O28/c1-38(90)79-54(29-40-11-17-45(91)18-12-40)69(107)84-55(30-41-13-19-46(92)20-14-41)70(108)85-57(37-89)58(93)32-44(36-88)64(102)82-50(22-25-62(98)99)68(106)83-49(21-24-61(96)97)65(103)77-34-59(94)80-53(28-39-9-15-42(16-10-39)71(109)110)67(105)78-35-60(95)81-56(31-43-33-76-48-7-3-2-6-47(43)48)66(104)75-27-5-4-8-51(72(111)112)86-74(115)87-52(73(113)114)23-26-63(100)101/h2-3,6-7,9-20,33,44,49-57,76,88-89,91-92H,4-5,8,21-32,34-37H2,1H3,(H,75,104)(H,77,103)(H,78,105)(H,79,90)(H,80,94)(H,81,95)(H,82,102)(H,83,106)(H,84,107)(H,85,108)(H,96,97)(H,98,99)(H,100,101)(H,109,110)(H,111,112)(H,113,114)(H2,86,87,115)/t44-,49-,50-,51-,52-,53-,54-,55-,56-,57-/m0/s1. The minimum atomic E-state index is -1.94. The van der Waals surface area contributed by atoms with Crippen LogP contribution in [-0.2, 0) is 102 Å². The molecule has 0 unspecified atom stereocenters. The van der Waals surface area contributed by atoms with Gasteiger partial charge in [-0.25, -0.2) is 19.2 Å². The van der Waals surface area contributed by atoms with Crippen LogP contribution in [0.2, 0.25) is 0 Å². The number of hydrogen-bond acceptors (Lipinski definition) is 22. The molecule has 0 aliphatic heterocycles. The number of phenols is 2. The lowest BCUT2D eigenvalue weighted by atomic mass is 9.97. The summed E-state index contributed by atoms with van der Waals surface area (Å²) in [7, 11) is 0. The van der Waals surface area contributed by atoms with Crippen LogP contribution in [0, 0.1) is 5.92 Å². The Balaban J connectivity index is 1.26. The van der Waals surface area contributed by atoms with Crippen LogP contribution in [0.1, 0.15) is 104 Å². The SMILES string of the molecule is CC(=O)N[C@@H](Cc1ccc(O)cc1)C(=O)N[C@@H](Cc1ccc(O)cc1)C(=O)N[C@@H](CO)C(=O)C[C@@H](CO)C(=O)N[C@@H](CCC(=O)O)C(=O)N[C@@H](CCC(=O)O)C(=O)NCC(=O)N[C@@H](Cc1ccc(C(=O)O)cc1)C(=O)NCC(=O)N[C@@H](Cc1c[nH]c2ccccc12)C(=O)NCCCC[C@H](NC(=O)N[C@@H](CCC(=O)O)C(=O)O)C(=O)O. The predicted octanol–water partition coefficient (Wildman–Crippen LogP) is -3.16. The van der Waals surface area contributed by atoms with E-state index in [4.69, 9.17) is 5.11 Å². The Morgan fingerprint density at radius 2 is 0.800 bits per heavy atom. The first kappa shape index (κ1) is 92.0. The molecule has 41 nitrogen and oxygen atoms in total. The van der Waals surface area contributed by atoms with Gasteiger partial charge >= 0.3 is 41.8 Å². The van der Waals surface area contributed by atoms with Gasteiger partial charge < -0.3 is 120 Å². The Kier molecular flexibility index (Phi) is 37.0. The fourth-order valence-electron chi connectivity index (χ4n) is 11.4. The largest absolute Gasteiger partial charge is 0.508 e. The Labute approximate surface area is 653 Å². The lowest BCUT2D eigenvalue weighted by molar-refractivity contribution is -0.141. The molecule has 0 saturated carbocycles. The molecule has 5 aromatic rings. The summed E-state index contributed by atoms with van der Waals surface area (Å²) in [5.41, 5.74) is 2.12. The van der Waals surface area contributed by atoms with Crippen LogP contribution < -0.4 is 63.8 Å². The summed E-state index contributed by atoms with van der Waals surface area (Å²) < 4.78 is 0. The van der Waals surface area contributed by atoms with Crippen molar-refractivity contribution < 1.29 is 137 Å². The molecule has 0 saturated heterocycles. The molecular weight excluding hydrogens is 1520 g/mol. The number of aromatic carboxylic acids is 1. The van der Waals surface area contributed by atoms with Gasteiger partial charge in [0.25, 0.3) is 0 Å². The van der Waals surface area contributed by atoms with Crippen LogP contribution in [-0.4, -0.2) is 250 Å². The number of para-hydroxylation sites is 1. The number of nitrogens with one attached hydrogen (secondary N) is 13. The first-order chi connectivity index (χ1) is 54.5. The number of rotatable bonds is 50. The van der Waals surface area contributed by atoms with Crippen molar-refractivity contribution in [2.75, 3.05) is 32.8 Å². The van der Waals surface area contributed by atoms with Crippen molar-refractivity contribution in [3.8, 4) is 11.5 Å². The van der Waals surface area contributed by atoms with Crippen molar-refractivity contribution in [3.63, 3.8) is 0 Å². The minimum absolute atomic E-state index is 0.0522. The lowest BCUT2D eigenvalue weighted by Crippen LogP contribution is -2.57. The number of aliphatic hydroxyl groups excluding tert-OH is 2. The van der Waals surface area contributed by atoms with Crippen molar-refractivity contribution >= 4 is 118 Å². The number of H-pyrrole nitrogens is 1. The highest BCUT2D eigenvalue weighted by molar-refractivity contribution is 5.99. The molecule has 1 heterocycles. The highest BCUT2D eigenvalue weighted by Gasteiger charge is 2.36. The number of amides is 12. The van der Waals surface area contributed by atoms with Crippen LogP contribution in [0.3, 0.4) is 0 Å². The van der Waals surface area contributed by atoms with Crippen LogP contribution >= 0.6 is 0 Å². The Morgan fingerprint density at radius 1 is 0.391 bits per heavy atom. The Morgan fingerprint density at radius 3 is 1.28 bits per heavy atom. The number of aromatic hydroxyl groups is 2. The highest BCUT2D eigenvalue weighted by Crippen LogP contribution is 2.21. The zero-order valence-electron chi connectivity index (χ0n) is 61.8. The summed E-state index contributed by atoms with van der Waals surface area (Å²) in [4.78, 5) is 237. The first-order valence-corrected chi connectivity index (χ1v) is 35.8. The number of carboxylic acid groups (broad SMARTS) is 6. The zero-order valence-corrected chi connectivity index (χ0v) is 61.8. The molecular formula is C74H91N13O28. The van der Waals surface area contributed by atoms with Crippen molar-refractivity contribution in [2.45, 2.75) is 151 Å². The normalized spacial score (nSPS) is 13.5.